The fourth-order valence-corrected chi connectivity index (χ4v) is 3.85. The lowest BCUT2D eigenvalue weighted by atomic mass is 10.1. The second-order valence-corrected chi connectivity index (χ2v) is 7.13. The van der Waals surface area contributed by atoms with E-state index in [1.165, 1.54) is 29.2 Å². The van der Waals surface area contributed by atoms with E-state index in [9.17, 15) is 18.0 Å². The molecule has 22 heavy (non-hydrogen) atoms. The first kappa shape index (κ1) is 16.4. The van der Waals surface area contributed by atoms with Crippen LogP contribution in [0.5, 0.6) is 0 Å². The van der Waals surface area contributed by atoms with Crippen LogP contribution in [-0.4, -0.2) is 55.2 Å². The third kappa shape index (κ3) is 3.45. The van der Waals surface area contributed by atoms with Crippen LogP contribution in [0.1, 0.15) is 34.1 Å². The average Bonchev–Trinajstić information content (AvgIpc) is 2.97. The molecule has 0 aromatic heterocycles. The van der Waals surface area contributed by atoms with Gasteiger partial charge in [0.25, 0.3) is 5.91 Å². The molecule has 1 saturated heterocycles. The summed E-state index contributed by atoms with van der Waals surface area (Å²) < 4.78 is 26.3. The average molecular weight is 326 g/mol. The minimum absolute atomic E-state index is 0.102. The highest BCUT2D eigenvalue weighted by Crippen LogP contribution is 2.19. The highest BCUT2D eigenvalue weighted by atomic mass is 32.2. The summed E-state index contributed by atoms with van der Waals surface area (Å²) in [4.78, 5) is 24.6. The molecule has 1 unspecified atom stereocenters. The molecule has 1 amide bonds. The number of carbonyl (C=O) groups is 2. The Bertz CT molecular complexity index is 669. The maximum absolute atomic E-state index is 12.3. The van der Waals surface area contributed by atoms with Gasteiger partial charge in [-0.2, -0.15) is 0 Å². The van der Waals surface area contributed by atoms with E-state index in [4.69, 9.17) is 5.11 Å². The topological polar surface area (TPSA) is 104 Å². The number of sulfonamides is 1. The van der Waals surface area contributed by atoms with Crippen molar-refractivity contribution in [1.82, 2.24) is 9.62 Å². The fourth-order valence-electron chi connectivity index (χ4n) is 2.42. The molecule has 7 nitrogen and oxygen atoms in total. The molecule has 1 aliphatic heterocycles. The van der Waals surface area contributed by atoms with Crippen molar-refractivity contribution in [3.63, 3.8) is 0 Å². The predicted octanol–water partition coefficient (Wildman–Crippen LogP) is 0.539. The Morgan fingerprint density at radius 3 is 2.41 bits per heavy atom. The van der Waals surface area contributed by atoms with Gasteiger partial charge < -0.3 is 10.0 Å². The number of hydrogen-bond donors (Lipinski definition) is 2. The molecule has 8 heteroatoms. The van der Waals surface area contributed by atoms with Crippen molar-refractivity contribution >= 4 is 21.9 Å². The summed E-state index contributed by atoms with van der Waals surface area (Å²) in [5.74, 6) is -1.34. The second-order valence-electron chi connectivity index (χ2n) is 5.09. The number of likely N-dealkylation sites (tertiary alicyclic amines) is 1. The van der Waals surface area contributed by atoms with Gasteiger partial charge in [0, 0.05) is 25.2 Å². The highest BCUT2D eigenvalue weighted by molar-refractivity contribution is 7.90. The van der Waals surface area contributed by atoms with E-state index < -0.39 is 21.2 Å². The minimum atomic E-state index is -3.40. The van der Waals surface area contributed by atoms with Gasteiger partial charge >= 0.3 is 5.97 Å². The van der Waals surface area contributed by atoms with Gasteiger partial charge in [-0.15, -0.1) is 0 Å². The number of amides is 1. The van der Waals surface area contributed by atoms with Crippen molar-refractivity contribution in [2.24, 2.45) is 0 Å². The van der Waals surface area contributed by atoms with E-state index in [1.54, 1.807) is 6.92 Å². The Hall–Kier alpha value is -1.93. The zero-order chi connectivity index (χ0) is 16.3. The van der Waals surface area contributed by atoms with Crippen molar-refractivity contribution in [2.75, 3.05) is 19.6 Å². The van der Waals surface area contributed by atoms with Crippen LogP contribution < -0.4 is 4.72 Å². The summed E-state index contributed by atoms with van der Waals surface area (Å²) in [5, 5.41) is 8.23. The number of carboxylic acids is 1. The first-order valence-corrected chi connectivity index (χ1v) is 8.51. The van der Waals surface area contributed by atoms with E-state index in [-0.39, 0.29) is 18.0 Å². The zero-order valence-electron chi connectivity index (χ0n) is 12.2. The van der Waals surface area contributed by atoms with Gasteiger partial charge in [0.1, 0.15) is 0 Å². The standard InChI is InChI=1S/C14H18N2O5S/c1-2-15-22(20,21)12-7-8-16(9-12)13(17)10-3-5-11(6-4-10)14(18)19/h3-6,12,15H,2,7-9H2,1H3,(H,18,19). The number of benzene rings is 1. The van der Waals surface area contributed by atoms with Crippen LogP contribution in [0.2, 0.25) is 0 Å². The number of carboxylic acid groups (broad SMARTS) is 1. The quantitative estimate of drug-likeness (QED) is 0.822. The van der Waals surface area contributed by atoms with Crippen molar-refractivity contribution < 1.29 is 23.1 Å². The summed E-state index contributed by atoms with van der Waals surface area (Å²) in [6.45, 7) is 2.55. The molecule has 2 N–H and O–H groups in total. The van der Waals surface area contributed by atoms with Crippen molar-refractivity contribution in [3.05, 3.63) is 35.4 Å². The number of nitrogens with zero attached hydrogens (tertiary/aromatic N) is 1. The molecule has 1 atom stereocenters. The molecule has 0 spiro atoms. The lowest BCUT2D eigenvalue weighted by Crippen LogP contribution is -2.37. The largest absolute Gasteiger partial charge is 0.478 e. The summed E-state index contributed by atoms with van der Waals surface area (Å²) >= 11 is 0. The van der Waals surface area contributed by atoms with Crippen molar-refractivity contribution in [1.29, 1.82) is 0 Å². The Labute approximate surface area is 129 Å². The number of rotatable bonds is 5. The smallest absolute Gasteiger partial charge is 0.335 e. The molecular weight excluding hydrogens is 308 g/mol. The van der Waals surface area contributed by atoms with Crippen LogP contribution in [-0.2, 0) is 10.0 Å². The third-order valence-electron chi connectivity index (χ3n) is 3.60. The summed E-state index contributed by atoms with van der Waals surface area (Å²) in [6, 6.07) is 5.60. The van der Waals surface area contributed by atoms with Gasteiger partial charge in [-0.25, -0.2) is 17.9 Å². The Morgan fingerprint density at radius 1 is 1.27 bits per heavy atom. The molecule has 0 saturated carbocycles. The number of carbonyl (C=O) groups excluding carboxylic acids is 1. The molecule has 1 aromatic carbocycles. The van der Waals surface area contributed by atoms with Gasteiger partial charge in [0.15, 0.2) is 0 Å². The van der Waals surface area contributed by atoms with Crippen LogP contribution in [0.3, 0.4) is 0 Å². The Morgan fingerprint density at radius 2 is 1.86 bits per heavy atom. The molecule has 1 heterocycles. The number of aromatic carboxylic acids is 1. The monoisotopic (exact) mass is 326 g/mol. The van der Waals surface area contributed by atoms with E-state index >= 15 is 0 Å². The third-order valence-corrected chi connectivity index (χ3v) is 5.55. The van der Waals surface area contributed by atoms with Crippen LogP contribution in [0, 0.1) is 0 Å². The van der Waals surface area contributed by atoms with Crippen molar-refractivity contribution in [2.45, 2.75) is 18.6 Å². The SMILES string of the molecule is CCNS(=O)(=O)C1CCN(C(=O)c2ccc(C(=O)O)cc2)C1. The normalized spacial score (nSPS) is 18.4. The Kier molecular flexibility index (Phi) is 4.82. The summed E-state index contributed by atoms with van der Waals surface area (Å²) in [6.07, 6.45) is 0.397. The first-order valence-electron chi connectivity index (χ1n) is 6.96. The molecule has 0 radical (unpaired) electrons. The number of nitrogens with one attached hydrogen (secondary N) is 1. The maximum Gasteiger partial charge on any atom is 0.335 e. The van der Waals surface area contributed by atoms with Gasteiger partial charge in [-0.3, -0.25) is 4.79 Å². The van der Waals surface area contributed by atoms with Gasteiger partial charge in [-0.05, 0) is 30.7 Å². The van der Waals surface area contributed by atoms with E-state index in [1.807, 2.05) is 0 Å². The first-order chi connectivity index (χ1) is 10.3. The van der Waals surface area contributed by atoms with E-state index in [0.29, 0.717) is 25.1 Å². The number of hydrogen-bond acceptors (Lipinski definition) is 4. The molecule has 1 fully saturated rings. The van der Waals surface area contributed by atoms with Crippen LogP contribution in [0.4, 0.5) is 0 Å². The van der Waals surface area contributed by atoms with Crippen LogP contribution in [0.25, 0.3) is 0 Å². The Balaban J connectivity index is 2.07. The van der Waals surface area contributed by atoms with Gasteiger partial charge in [-0.1, -0.05) is 6.92 Å². The van der Waals surface area contributed by atoms with Crippen LogP contribution >= 0.6 is 0 Å². The van der Waals surface area contributed by atoms with E-state index in [0.717, 1.165) is 0 Å². The molecule has 0 aliphatic carbocycles. The second kappa shape index (κ2) is 6.45. The van der Waals surface area contributed by atoms with E-state index in [2.05, 4.69) is 4.72 Å². The van der Waals surface area contributed by atoms with Gasteiger partial charge in [0.05, 0.1) is 10.8 Å². The molecule has 2 rings (SSSR count). The molecule has 120 valence electrons. The lowest BCUT2D eigenvalue weighted by Gasteiger charge is -2.17. The predicted molar refractivity (Wildman–Crippen MR) is 80.3 cm³/mol. The van der Waals surface area contributed by atoms with Crippen molar-refractivity contribution in [3.8, 4) is 0 Å². The molecular formula is C14H18N2O5S. The van der Waals surface area contributed by atoms with Gasteiger partial charge in [0.2, 0.25) is 10.0 Å². The molecule has 1 aromatic rings. The molecule has 0 bridgehead atoms. The summed E-state index contributed by atoms with van der Waals surface area (Å²) in [5.41, 5.74) is 0.456. The fraction of sp³-hybridized carbons (Fsp3) is 0.429. The maximum atomic E-state index is 12.3. The van der Waals surface area contributed by atoms with Crippen LogP contribution in [0.15, 0.2) is 24.3 Å². The minimum Gasteiger partial charge on any atom is -0.478 e. The lowest BCUT2D eigenvalue weighted by molar-refractivity contribution is 0.0695. The zero-order valence-corrected chi connectivity index (χ0v) is 13.0. The summed E-state index contributed by atoms with van der Waals surface area (Å²) in [7, 11) is -3.40. The molecule has 1 aliphatic rings. The highest BCUT2D eigenvalue weighted by Gasteiger charge is 2.34.